The first-order valence-corrected chi connectivity index (χ1v) is 9.04. The molecule has 0 aliphatic carbocycles. The van der Waals surface area contributed by atoms with Crippen LogP contribution in [-0.4, -0.2) is 30.0 Å². The highest BCUT2D eigenvalue weighted by molar-refractivity contribution is 6.32. The maximum atomic E-state index is 12.3. The van der Waals surface area contributed by atoms with Crippen molar-refractivity contribution in [3.8, 4) is 0 Å². The van der Waals surface area contributed by atoms with Gasteiger partial charge in [-0.25, -0.2) is 4.98 Å². The van der Waals surface area contributed by atoms with Crippen molar-refractivity contribution in [3.05, 3.63) is 47.7 Å². The molecule has 1 aliphatic heterocycles. The lowest BCUT2D eigenvalue weighted by atomic mass is 10.1. The summed E-state index contributed by atoms with van der Waals surface area (Å²) in [6.45, 7) is 4.06. The molecule has 0 bridgehead atoms. The van der Waals surface area contributed by atoms with Gasteiger partial charge in [-0.15, -0.1) is 0 Å². The number of nitrogens with one attached hydrogen (secondary N) is 2. The van der Waals surface area contributed by atoms with Gasteiger partial charge in [0, 0.05) is 30.7 Å². The summed E-state index contributed by atoms with van der Waals surface area (Å²) in [5.74, 6) is -0.157. The van der Waals surface area contributed by atoms with Crippen molar-refractivity contribution >= 4 is 34.6 Å². The van der Waals surface area contributed by atoms with Gasteiger partial charge in [0.2, 0.25) is 5.91 Å². The third-order valence-corrected chi connectivity index (χ3v) is 4.68. The summed E-state index contributed by atoms with van der Waals surface area (Å²) in [5.41, 5.74) is 2.67. The maximum absolute atomic E-state index is 12.3. The molecule has 1 aliphatic rings. The van der Waals surface area contributed by atoms with Crippen LogP contribution in [0.1, 0.15) is 26.2 Å². The molecule has 0 saturated carbocycles. The smallest absolute Gasteiger partial charge is 0.246 e. The van der Waals surface area contributed by atoms with E-state index in [1.807, 2.05) is 19.1 Å². The molecule has 1 atom stereocenters. The lowest BCUT2D eigenvalue weighted by Crippen LogP contribution is -2.32. The van der Waals surface area contributed by atoms with E-state index >= 15 is 0 Å². The van der Waals surface area contributed by atoms with Crippen LogP contribution in [0.3, 0.4) is 0 Å². The maximum Gasteiger partial charge on any atom is 0.246 e. The standard InChI is InChI=1S/C19H23ClN4O/c1-14(19(25)23-17-6-5-11-21-18(17)20)22-15-7-9-16(10-8-15)24-12-3-2-4-13-24/h5-11,14,22H,2-4,12-13H2,1H3,(H,23,25)/t14-/m1/s1. The van der Waals surface area contributed by atoms with Crippen LogP contribution >= 0.6 is 11.6 Å². The number of rotatable bonds is 5. The van der Waals surface area contributed by atoms with Crippen molar-refractivity contribution in [3.63, 3.8) is 0 Å². The quantitative estimate of drug-likeness (QED) is 0.788. The Balaban J connectivity index is 1.57. The highest BCUT2D eigenvalue weighted by atomic mass is 35.5. The van der Waals surface area contributed by atoms with Crippen LogP contribution in [0.4, 0.5) is 17.1 Å². The fourth-order valence-electron chi connectivity index (χ4n) is 2.96. The van der Waals surface area contributed by atoms with Crippen LogP contribution < -0.4 is 15.5 Å². The van der Waals surface area contributed by atoms with E-state index in [9.17, 15) is 4.79 Å². The first-order chi connectivity index (χ1) is 12.1. The zero-order valence-corrected chi connectivity index (χ0v) is 15.1. The van der Waals surface area contributed by atoms with E-state index in [0.717, 1.165) is 18.8 Å². The van der Waals surface area contributed by atoms with Crippen LogP contribution in [0.5, 0.6) is 0 Å². The topological polar surface area (TPSA) is 57.3 Å². The SMILES string of the molecule is C[C@@H](Nc1ccc(N2CCCCC2)cc1)C(=O)Nc1cccnc1Cl. The molecule has 5 nitrogen and oxygen atoms in total. The molecule has 2 N–H and O–H groups in total. The van der Waals surface area contributed by atoms with E-state index in [2.05, 4.69) is 32.7 Å². The monoisotopic (exact) mass is 358 g/mol. The number of halogens is 1. The number of pyridine rings is 1. The van der Waals surface area contributed by atoms with Crippen LogP contribution in [0.25, 0.3) is 0 Å². The van der Waals surface area contributed by atoms with Crippen LogP contribution in [0.15, 0.2) is 42.6 Å². The zero-order chi connectivity index (χ0) is 17.6. The first-order valence-electron chi connectivity index (χ1n) is 8.66. The van der Waals surface area contributed by atoms with E-state index in [0.29, 0.717) is 5.69 Å². The van der Waals surface area contributed by atoms with Crippen molar-refractivity contribution in [2.24, 2.45) is 0 Å². The average molecular weight is 359 g/mol. The number of carbonyl (C=O) groups excluding carboxylic acids is 1. The second kappa shape index (κ2) is 8.21. The Bertz CT molecular complexity index is 714. The van der Waals surface area contributed by atoms with Gasteiger partial charge in [0.25, 0.3) is 0 Å². The Kier molecular flexibility index (Phi) is 5.76. The molecule has 0 spiro atoms. The Labute approximate surface area is 153 Å². The van der Waals surface area contributed by atoms with Gasteiger partial charge in [-0.1, -0.05) is 11.6 Å². The largest absolute Gasteiger partial charge is 0.374 e. The second-order valence-electron chi connectivity index (χ2n) is 6.29. The Morgan fingerprint density at radius 1 is 1.16 bits per heavy atom. The molecule has 25 heavy (non-hydrogen) atoms. The van der Waals surface area contributed by atoms with Gasteiger partial charge in [0.05, 0.1) is 5.69 Å². The van der Waals surface area contributed by atoms with Crippen LogP contribution in [-0.2, 0) is 4.79 Å². The number of benzene rings is 1. The fourth-order valence-corrected chi connectivity index (χ4v) is 3.12. The molecule has 1 aromatic carbocycles. The molecule has 1 saturated heterocycles. The molecule has 1 fully saturated rings. The molecule has 0 unspecified atom stereocenters. The number of nitrogens with zero attached hydrogens (tertiary/aromatic N) is 2. The van der Waals surface area contributed by atoms with Crippen molar-refractivity contribution in [1.82, 2.24) is 4.98 Å². The molecule has 1 amide bonds. The number of hydrogen-bond acceptors (Lipinski definition) is 4. The Hall–Kier alpha value is -2.27. The lowest BCUT2D eigenvalue weighted by molar-refractivity contribution is -0.116. The molecular formula is C19H23ClN4O. The highest BCUT2D eigenvalue weighted by Gasteiger charge is 2.15. The summed E-state index contributed by atoms with van der Waals surface area (Å²) in [7, 11) is 0. The Morgan fingerprint density at radius 2 is 1.88 bits per heavy atom. The Morgan fingerprint density at radius 3 is 2.56 bits per heavy atom. The van der Waals surface area contributed by atoms with Crippen molar-refractivity contribution in [2.45, 2.75) is 32.2 Å². The minimum absolute atomic E-state index is 0.157. The molecule has 0 radical (unpaired) electrons. The lowest BCUT2D eigenvalue weighted by Gasteiger charge is -2.29. The normalized spacial score (nSPS) is 15.5. The minimum atomic E-state index is -0.392. The van der Waals surface area contributed by atoms with E-state index in [4.69, 9.17) is 11.6 Å². The third-order valence-electron chi connectivity index (χ3n) is 4.38. The van der Waals surface area contributed by atoms with Crippen LogP contribution in [0.2, 0.25) is 5.15 Å². The molecule has 2 heterocycles. The van der Waals surface area contributed by atoms with E-state index in [1.54, 1.807) is 18.3 Å². The summed E-state index contributed by atoms with van der Waals surface area (Å²) >= 11 is 5.97. The van der Waals surface area contributed by atoms with Gasteiger partial charge in [0.1, 0.15) is 6.04 Å². The number of hydrogen-bond donors (Lipinski definition) is 2. The number of amides is 1. The molecule has 2 aromatic rings. The van der Waals surface area contributed by atoms with Gasteiger partial charge in [-0.05, 0) is 62.6 Å². The first kappa shape index (κ1) is 17.5. The summed E-state index contributed by atoms with van der Waals surface area (Å²) in [4.78, 5) is 18.7. The third kappa shape index (κ3) is 4.63. The van der Waals surface area contributed by atoms with Crippen molar-refractivity contribution < 1.29 is 4.79 Å². The van der Waals surface area contributed by atoms with Gasteiger partial charge in [0.15, 0.2) is 5.15 Å². The zero-order valence-electron chi connectivity index (χ0n) is 14.3. The number of anilines is 3. The number of carbonyl (C=O) groups is 1. The summed E-state index contributed by atoms with van der Waals surface area (Å²) < 4.78 is 0. The van der Waals surface area contributed by atoms with Crippen molar-refractivity contribution in [2.75, 3.05) is 28.6 Å². The molecule has 132 valence electrons. The minimum Gasteiger partial charge on any atom is -0.374 e. The van der Waals surface area contributed by atoms with E-state index < -0.39 is 6.04 Å². The van der Waals surface area contributed by atoms with Gasteiger partial charge >= 0.3 is 0 Å². The molecule has 6 heteroatoms. The number of piperidine rings is 1. The van der Waals surface area contributed by atoms with E-state index in [-0.39, 0.29) is 11.1 Å². The summed E-state index contributed by atoms with van der Waals surface area (Å²) in [5, 5.41) is 6.29. The van der Waals surface area contributed by atoms with E-state index in [1.165, 1.54) is 24.9 Å². The number of aromatic nitrogens is 1. The van der Waals surface area contributed by atoms with Gasteiger partial charge in [-0.2, -0.15) is 0 Å². The van der Waals surface area contributed by atoms with Crippen molar-refractivity contribution in [1.29, 1.82) is 0 Å². The summed E-state index contributed by atoms with van der Waals surface area (Å²) in [6, 6.07) is 11.3. The molecule has 3 rings (SSSR count). The molecule has 1 aromatic heterocycles. The van der Waals surface area contributed by atoms with Gasteiger partial charge in [-0.3, -0.25) is 4.79 Å². The van der Waals surface area contributed by atoms with Gasteiger partial charge < -0.3 is 15.5 Å². The predicted molar refractivity (Wildman–Crippen MR) is 103 cm³/mol. The average Bonchev–Trinajstić information content (AvgIpc) is 2.65. The fraction of sp³-hybridized carbons (Fsp3) is 0.368. The van der Waals surface area contributed by atoms with Crippen LogP contribution in [0, 0.1) is 0 Å². The molecular weight excluding hydrogens is 336 g/mol. The second-order valence-corrected chi connectivity index (χ2v) is 6.65. The predicted octanol–water partition coefficient (Wildman–Crippen LogP) is 4.16. The highest BCUT2D eigenvalue weighted by Crippen LogP contribution is 2.22. The summed E-state index contributed by atoms with van der Waals surface area (Å²) in [6.07, 6.45) is 5.43.